The number of ether oxygens (including phenoxy) is 1. The number of nitrogens with one attached hydrogen (secondary N) is 2. The van der Waals surface area contributed by atoms with Gasteiger partial charge in [0.1, 0.15) is 0 Å². The Balaban J connectivity index is 0.00000264. The highest BCUT2D eigenvalue weighted by Crippen LogP contribution is 2.19. The molecule has 23 heavy (non-hydrogen) atoms. The second kappa shape index (κ2) is 10.7. The molecule has 0 aromatic heterocycles. The molecule has 4 nitrogen and oxygen atoms in total. The average Bonchev–Trinajstić information content (AvgIpc) is 2.55. The van der Waals surface area contributed by atoms with E-state index in [0.29, 0.717) is 24.9 Å². The zero-order valence-electron chi connectivity index (χ0n) is 13.9. The summed E-state index contributed by atoms with van der Waals surface area (Å²) in [6.45, 7) is 2.85. The minimum atomic E-state index is -0.323. The maximum absolute atomic E-state index is 13.8. The summed E-state index contributed by atoms with van der Waals surface area (Å²) in [5, 5.41) is 6.69. The molecule has 0 amide bonds. The predicted octanol–water partition coefficient (Wildman–Crippen LogP) is 3.84. The van der Waals surface area contributed by atoms with Gasteiger partial charge in [-0.1, -0.05) is 25.3 Å². The second-order valence-electron chi connectivity index (χ2n) is 5.60. The lowest BCUT2D eigenvalue weighted by Gasteiger charge is -2.24. The van der Waals surface area contributed by atoms with Crippen LogP contribution in [0, 0.1) is 5.82 Å². The molecular formula is C17H27FIN3O. The number of guanidine groups is 1. The van der Waals surface area contributed by atoms with Crippen molar-refractivity contribution >= 4 is 29.9 Å². The third kappa shape index (κ3) is 6.53. The van der Waals surface area contributed by atoms with E-state index in [-0.39, 0.29) is 29.8 Å². The van der Waals surface area contributed by atoms with Crippen LogP contribution >= 0.6 is 24.0 Å². The van der Waals surface area contributed by atoms with E-state index in [1.807, 2.05) is 13.0 Å². The molecule has 1 aromatic carbocycles. The normalized spacial score (nSPS) is 15.7. The number of halogens is 2. The van der Waals surface area contributed by atoms with Gasteiger partial charge in [0.05, 0.1) is 6.61 Å². The maximum Gasteiger partial charge on any atom is 0.191 e. The molecule has 0 saturated heterocycles. The minimum absolute atomic E-state index is 0. The summed E-state index contributed by atoms with van der Waals surface area (Å²) in [5.74, 6) is 0.758. The number of hydrogen-bond donors (Lipinski definition) is 2. The smallest absolute Gasteiger partial charge is 0.191 e. The summed E-state index contributed by atoms with van der Waals surface area (Å²) in [5.41, 5.74) is 0.868. The van der Waals surface area contributed by atoms with E-state index in [0.717, 1.165) is 11.5 Å². The highest BCUT2D eigenvalue weighted by Gasteiger charge is 2.14. The van der Waals surface area contributed by atoms with Crippen LogP contribution in [0.15, 0.2) is 23.2 Å². The number of aliphatic imine (C=N–C) groups is 1. The summed E-state index contributed by atoms with van der Waals surface area (Å²) >= 11 is 0. The van der Waals surface area contributed by atoms with Crippen molar-refractivity contribution in [3.8, 4) is 5.75 Å². The Morgan fingerprint density at radius 1 is 1.30 bits per heavy atom. The quantitative estimate of drug-likeness (QED) is 0.420. The molecule has 0 radical (unpaired) electrons. The van der Waals surface area contributed by atoms with Crippen molar-refractivity contribution in [2.24, 2.45) is 4.99 Å². The summed E-state index contributed by atoms with van der Waals surface area (Å²) in [4.78, 5) is 4.24. The Hall–Kier alpha value is -1.05. The van der Waals surface area contributed by atoms with Crippen LogP contribution in [0.1, 0.15) is 44.6 Å². The first-order valence-electron chi connectivity index (χ1n) is 8.11. The lowest BCUT2D eigenvalue weighted by atomic mass is 9.96. The van der Waals surface area contributed by atoms with Gasteiger partial charge in [0, 0.05) is 19.6 Å². The van der Waals surface area contributed by atoms with Crippen molar-refractivity contribution in [1.29, 1.82) is 0 Å². The molecule has 0 heterocycles. The molecule has 0 spiro atoms. The second-order valence-corrected chi connectivity index (χ2v) is 5.60. The van der Waals surface area contributed by atoms with Crippen LogP contribution in [0.5, 0.6) is 5.75 Å². The van der Waals surface area contributed by atoms with E-state index in [4.69, 9.17) is 4.74 Å². The van der Waals surface area contributed by atoms with E-state index < -0.39 is 0 Å². The summed E-state index contributed by atoms with van der Waals surface area (Å²) in [7, 11) is 1.76. The first-order valence-corrected chi connectivity index (χ1v) is 8.11. The highest BCUT2D eigenvalue weighted by atomic mass is 127. The van der Waals surface area contributed by atoms with Gasteiger partial charge in [0.15, 0.2) is 17.5 Å². The third-order valence-electron chi connectivity index (χ3n) is 3.93. The molecule has 2 N–H and O–H groups in total. The van der Waals surface area contributed by atoms with Gasteiger partial charge in [-0.25, -0.2) is 4.39 Å². The number of nitrogens with zero attached hydrogens (tertiary/aromatic N) is 1. The van der Waals surface area contributed by atoms with Crippen LogP contribution < -0.4 is 15.4 Å². The molecule has 1 saturated carbocycles. The third-order valence-corrected chi connectivity index (χ3v) is 3.93. The fourth-order valence-corrected chi connectivity index (χ4v) is 2.75. The van der Waals surface area contributed by atoms with Gasteiger partial charge in [0.25, 0.3) is 0 Å². The molecule has 2 rings (SSSR count). The Morgan fingerprint density at radius 3 is 2.65 bits per heavy atom. The van der Waals surface area contributed by atoms with E-state index in [2.05, 4.69) is 15.6 Å². The van der Waals surface area contributed by atoms with Crippen LogP contribution in [-0.2, 0) is 6.54 Å². The van der Waals surface area contributed by atoms with Crippen LogP contribution in [0.3, 0.4) is 0 Å². The Kier molecular flexibility index (Phi) is 9.28. The molecular weight excluding hydrogens is 408 g/mol. The zero-order valence-corrected chi connectivity index (χ0v) is 16.2. The van der Waals surface area contributed by atoms with E-state index in [1.54, 1.807) is 13.1 Å². The molecule has 1 aromatic rings. The summed E-state index contributed by atoms with van der Waals surface area (Å²) in [6.07, 6.45) is 6.27. The number of hydrogen-bond acceptors (Lipinski definition) is 2. The van der Waals surface area contributed by atoms with Crippen LogP contribution in [0.4, 0.5) is 4.39 Å². The van der Waals surface area contributed by atoms with Gasteiger partial charge in [-0.05, 0) is 37.5 Å². The van der Waals surface area contributed by atoms with Gasteiger partial charge in [-0.15, -0.1) is 24.0 Å². The number of benzene rings is 1. The summed E-state index contributed by atoms with van der Waals surface area (Å²) < 4.78 is 19.0. The van der Waals surface area contributed by atoms with Gasteiger partial charge in [0.2, 0.25) is 0 Å². The van der Waals surface area contributed by atoms with E-state index in [9.17, 15) is 4.39 Å². The maximum atomic E-state index is 13.8. The molecule has 130 valence electrons. The molecule has 1 fully saturated rings. The molecule has 1 aliphatic rings. The largest absolute Gasteiger partial charge is 0.491 e. The fraction of sp³-hybridized carbons (Fsp3) is 0.588. The van der Waals surface area contributed by atoms with E-state index in [1.165, 1.54) is 38.2 Å². The minimum Gasteiger partial charge on any atom is -0.491 e. The first kappa shape index (κ1) is 20.0. The van der Waals surface area contributed by atoms with Crippen molar-refractivity contribution in [2.75, 3.05) is 13.7 Å². The molecule has 6 heteroatoms. The van der Waals surface area contributed by atoms with Gasteiger partial charge >= 0.3 is 0 Å². The standard InChI is InChI=1S/C17H26FN3O.HI/c1-3-22-16-10-9-13(11-15(16)18)12-20-17(19-2)21-14-7-5-4-6-8-14;/h9-11,14H,3-8,12H2,1-2H3,(H2,19,20,21);1H. The molecule has 1 aliphatic carbocycles. The van der Waals surface area contributed by atoms with Gasteiger partial charge in [-0.2, -0.15) is 0 Å². The first-order chi connectivity index (χ1) is 10.7. The lowest BCUT2D eigenvalue weighted by Crippen LogP contribution is -2.43. The molecule has 0 atom stereocenters. The van der Waals surface area contributed by atoms with Crippen molar-refractivity contribution in [3.05, 3.63) is 29.6 Å². The van der Waals surface area contributed by atoms with Gasteiger partial charge in [-0.3, -0.25) is 4.99 Å². The molecule has 0 unspecified atom stereocenters. The lowest BCUT2D eigenvalue weighted by molar-refractivity contribution is 0.321. The Morgan fingerprint density at radius 2 is 2.04 bits per heavy atom. The number of rotatable bonds is 5. The average molecular weight is 435 g/mol. The van der Waals surface area contributed by atoms with E-state index >= 15 is 0 Å². The monoisotopic (exact) mass is 435 g/mol. The van der Waals surface area contributed by atoms with Crippen molar-refractivity contribution < 1.29 is 9.13 Å². The highest BCUT2D eigenvalue weighted by molar-refractivity contribution is 14.0. The SMILES string of the molecule is CCOc1ccc(CNC(=NC)NC2CCCCC2)cc1F.I. The predicted molar refractivity (Wildman–Crippen MR) is 103 cm³/mol. The van der Waals surface area contributed by atoms with Crippen molar-refractivity contribution in [2.45, 2.75) is 51.6 Å². The fourth-order valence-electron chi connectivity index (χ4n) is 2.75. The Labute approximate surface area is 155 Å². The van der Waals surface area contributed by atoms with Gasteiger partial charge < -0.3 is 15.4 Å². The zero-order chi connectivity index (χ0) is 15.8. The van der Waals surface area contributed by atoms with Crippen LogP contribution in [0.25, 0.3) is 0 Å². The topological polar surface area (TPSA) is 45.6 Å². The van der Waals surface area contributed by atoms with Crippen molar-refractivity contribution in [3.63, 3.8) is 0 Å². The van der Waals surface area contributed by atoms with Crippen LogP contribution in [-0.4, -0.2) is 25.7 Å². The van der Waals surface area contributed by atoms with Crippen LogP contribution in [0.2, 0.25) is 0 Å². The molecule has 0 aliphatic heterocycles. The van der Waals surface area contributed by atoms with Crippen molar-refractivity contribution in [1.82, 2.24) is 10.6 Å². The summed E-state index contributed by atoms with van der Waals surface area (Å²) in [6, 6.07) is 5.55. The Bertz CT molecular complexity index is 505. The molecule has 0 bridgehead atoms.